The highest BCUT2D eigenvalue weighted by Crippen LogP contribution is 2.26. The van der Waals surface area contributed by atoms with E-state index in [1.54, 1.807) is 0 Å². The molecule has 3 nitrogen and oxygen atoms in total. The summed E-state index contributed by atoms with van der Waals surface area (Å²) in [6.45, 7) is 4.01. The third-order valence-corrected chi connectivity index (χ3v) is 2.69. The van der Waals surface area contributed by atoms with Crippen LogP contribution in [-0.4, -0.2) is 15.7 Å². The van der Waals surface area contributed by atoms with E-state index in [0.717, 1.165) is 22.6 Å². The minimum atomic E-state index is 0.145. The van der Waals surface area contributed by atoms with Gasteiger partial charge in [0.05, 0.1) is 17.5 Å². The third-order valence-electron chi connectivity index (χ3n) is 2.45. The van der Waals surface area contributed by atoms with Gasteiger partial charge >= 0.3 is 0 Å². The maximum absolute atomic E-state index is 5.84. The zero-order valence-corrected chi connectivity index (χ0v) is 10.5. The summed E-state index contributed by atoms with van der Waals surface area (Å²) in [5, 5.41) is 0. The molecular weight excluding hydrogens is 224 g/mol. The zero-order chi connectivity index (χ0) is 11.7. The molecule has 0 atom stereocenters. The molecule has 0 N–H and O–H groups in total. The van der Waals surface area contributed by atoms with Gasteiger partial charge in [0, 0.05) is 7.05 Å². The quantitative estimate of drug-likeness (QED) is 0.769. The van der Waals surface area contributed by atoms with Gasteiger partial charge in [-0.1, -0.05) is 6.07 Å². The van der Waals surface area contributed by atoms with Crippen LogP contribution in [0.4, 0.5) is 0 Å². The summed E-state index contributed by atoms with van der Waals surface area (Å²) in [4.78, 5) is 4.49. The van der Waals surface area contributed by atoms with Gasteiger partial charge in [0.25, 0.3) is 0 Å². The van der Waals surface area contributed by atoms with Crippen LogP contribution in [0.1, 0.15) is 19.7 Å². The summed E-state index contributed by atoms with van der Waals surface area (Å²) >= 11 is 5.84. The van der Waals surface area contributed by atoms with Crippen molar-refractivity contribution in [1.82, 2.24) is 9.55 Å². The minimum absolute atomic E-state index is 0.145. The number of ether oxygens (including phenoxy) is 1. The van der Waals surface area contributed by atoms with Crippen LogP contribution in [-0.2, 0) is 12.9 Å². The molecule has 0 spiro atoms. The monoisotopic (exact) mass is 238 g/mol. The largest absolute Gasteiger partial charge is 0.489 e. The normalized spacial score (nSPS) is 11.3. The zero-order valence-electron chi connectivity index (χ0n) is 9.70. The van der Waals surface area contributed by atoms with E-state index in [-0.39, 0.29) is 6.10 Å². The predicted octanol–water partition coefficient (Wildman–Crippen LogP) is 3.10. The van der Waals surface area contributed by atoms with E-state index >= 15 is 0 Å². The van der Waals surface area contributed by atoms with Crippen molar-refractivity contribution in [3.05, 3.63) is 24.0 Å². The topological polar surface area (TPSA) is 27.1 Å². The highest BCUT2D eigenvalue weighted by atomic mass is 35.5. The number of para-hydroxylation sites is 1. The molecule has 1 aromatic carbocycles. The molecule has 2 aromatic rings. The smallest absolute Gasteiger partial charge is 0.147 e. The third kappa shape index (κ3) is 1.87. The van der Waals surface area contributed by atoms with Gasteiger partial charge in [-0.15, -0.1) is 11.6 Å². The number of benzene rings is 1. The van der Waals surface area contributed by atoms with Crippen molar-refractivity contribution in [3.63, 3.8) is 0 Å². The fraction of sp³-hybridized carbons (Fsp3) is 0.417. The summed E-state index contributed by atoms with van der Waals surface area (Å²) in [5.41, 5.74) is 1.93. The fourth-order valence-corrected chi connectivity index (χ4v) is 1.94. The number of halogens is 1. The second-order valence-corrected chi connectivity index (χ2v) is 4.28. The minimum Gasteiger partial charge on any atom is -0.489 e. The first-order valence-electron chi connectivity index (χ1n) is 5.30. The Hall–Kier alpha value is -1.22. The lowest BCUT2D eigenvalue weighted by molar-refractivity contribution is 0.245. The Balaban J connectivity index is 2.59. The molecule has 0 aliphatic carbocycles. The van der Waals surface area contributed by atoms with Crippen molar-refractivity contribution >= 4 is 22.6 Å². The number of hydrogen-bond donors (Lipinski definition) is 0. The Morgan fingerprint density at radius 2 is 2.19 bits per heavy atom. The number of aryl methyl sites for hydroxylation is 1. The summed E-state index contributed by atoms with van der Waals surface area (Å²) < 4.78 is 7.72. The molecule has 1 heterocycles. The molecule has 0 aliphatic rings. The maximum atomic E-state index is 5.84. The Labute approximate surface area is 100.0 Å². The Morgan fingerprint density at radius 1 is 1.44 bits per heavy atom. The number of fused-ring (bicyclic) bond motifs is 1. The summed E-state index contributed by atoms with van der Waals surface area (Å²) in [7, 11) is 1.96. The predicted molar refractivity (Wildman–Crippen MR) is 66.0 cm³/mol. The lowest BCUT2D eigenvalue weighted by Crippen LogP contribution is -2.05. The van der Waals surface area contributed by atoms with Crippen LogP contribution in [0.15, 0.2) is 18.2 Å². The average molecular weight is 239 g/mol. The standard InChI is InChI=1S/C12H15ClN2O/c1-8(2)16-10-6-4-5-9-12(10)14-11(7-13)15(9)3/h4-6,8H,7H2,1-3H3. The van der Waals surface area contributed by atoms with Crippen LogP contribution in [0.2, 0.25) is 0 Å². The first kappa shape index (κ1) is 11.3. The van der Waals surface area contributed by atoms with Gasteiger partial charge < -0.3 is 9.30 Å². The maximum Gasteiger partial charge on any atom is 0.147 e. The van der Waals surface area contributed by atoms with E-state index in [1.807, 2.05) is 43.7 Å². The fourth-order valence-electron chi connectivity index (χ4n) is 1.71. The van der Waals surface area contributed by atoms with E-state index in [0.29, 0.717) is 5.88 Å². The van der Waals surface area contributed by atoms with Gasteiger partial charge in [-0.3, -0.25) is 0 Å². The van der Waals surface area contributed by atoms with Crippen molar-refractivity contribution < 1.29 is 4.74 Å². The number of hydrogen-bond acceptors (Lipinski definition) is 2. The molecule has 1 aromatic heterocycles. The molecule has 0 saturated carbocycles. The highest BCUT2D eigenvalue weighted by Gasteiger charge is 2.11. The van der Waals surface area contributed by atoms with Gasteiger partial charge in [0.2, 0.25) is 0 Å². The van der Waals surface area contributed by atoms with E-state index in [9.17, 15) is 0 Å². The number of alkyl halides is 1. The molecule has 0 radical (unpaired) electrons. The lowest BCUT2D eigenvalue weighted by atomic mass is 10.3. The van der Waals surface area contributed by atoms with Crippen LogP contribution in [0.25, 0.3) is 11.0 Å². The van der Waals surface area contributed by atoms with Crippen LogP contribution in [0, 0.1) is 0 Å². The summed E-state index contributed by atoms with van der Waals surface area (Å²) in [6.07, 6.45) is 0.145. The first-order chi connectivity index (χ1) is 7.63. The molecule has 4 heteroatoms. The van der Waals surface area contributed by atoms with E-state index in [1.165, 1.54) is 0 Å². The van der Waals surface area contributed by atoms with Crippen molar-refractivity contribution in [2.45, 2.75) is 25.8 Å². The van der Waals surface area contributed by atoms with Crippen LogP contribution < -0.4 is 4.74 Å². The van der Waals surface area contributed by atoms with Gasteiger partial charge in [-0.2, -0.15) is 0 Å². The van der Waals surface area contributed by atoms with Crippen LogP contribution >= 0.6 is 11.6 Å². The molecule has 86 valence electrons. The van der Waals surface area contributed by atoms with Crippen LogP contribution in [0.5, 0.6) is 5.75 Å². The lowest BCUT2D eigenvalue weighted by Gasteiger charge is -2.09. The second kappa shape index (κ2) is 4.34. The Bertz CT molecular complexity index is 505. The number of imidazole rings is 1. The summed E-state index contributed by atoms with van der Waals surface area (Å²) in [5.74, 6) is 2.09. The molecule has 0 amide bonds. The number of nitrogens with zero attached hydrogens (tertiary/aromatic N) is 2. The molecule has 16 heavy (non-hydrogen) atoms. The molecule has 0 fully saturated rings. The molecule has 0 saturated heterocycles. The van der Waals surface area contributed by atoms with Crippen molar-refractivity contribution in [3.8, 4) is 5.75 Å². The van der Waals surface area contributed by atoms with Crippen LogP contribution in [0.3, 0.4) is 0 Å². The van der Waals surface area contributed by atoms with Crippen molar-refractivity contribution in [2.75, 3.05) is 0 Å². The van der Waals surface area contributed by atoms with E-state index in [2.05, 4.69) is 4.98 Å². The second-order valence-electron chi connectivity index (χ2n) is 4.01. The molecule has 0 unspecified atom stereocenters. The molecular formula is C12H15ClN2O. The van der Waals surface area contributed by atoms with Gasteiger partial charge in [0.1, 0.15) is 17.1 Å². The number of aromatic nitrogens is 2. The number of rotatable bonds is 3. The van der Waals surface area contributed by atoms with Crippen molar-refractivity contribution in [2.24, 2.45) is 7.05 Å². The van der Waals surface area contributed by atoms with E-state index in [4.69, 9.17) is 16.3 Å². The van der Waals surface area contributed by atoms with E-state index < -0.39 is 0 Å². The highest BCUT2D eigenvalue weighted by molar-refractivity contribution is 6.16. The van der Waals surface area contributed by atoms with Gasteiger partial charge in [-0.25, -0.2) is 4.98 Å². The van der Waals surface area contributed by atoms with Gasteiger partial charge in [0.15, 0.2) is 0 Å². The molecule has 2 rings (SSSR count). The van der Waals surface area contributed by atoms with Crippen molar-refractivity contribution in [1.29, 1.82) is 0 Å². The van der Waals surface area contributed by atoms with Gasteiger partial charge in [-0.05, 0) is 26.0 Å². The molecule has 0 bridgehead atoms. The molecule has 0 aliphatic heterocycles. The summed E-state index contributed by atoms with van der Waals surface area (Å²) in [6, 6.07) is 5.93. The Morgan fingerprint density at radius 3 is 2.81 bits per heavy atom. The SMILES string of the molecule is CC(C)Oc1cccc2c1nc(CCl)n2C. The Kier molecular flexibility index (Phi) is 3.06. The average Bonchev–Trinajstić information content (AvgIpc) is 2.56. The first-order valence-corrected chi connectivity index (χ1v) is 5.84.